The maximum Gasteiger partial charge on any atom is 0.101 e. The Morgan fingerprint density at radius 1 is 1.00 bits per heavy atom. The van der Waals surface area contributed by atoms with Crippen LogP contribution in [0.1, 0.15) is 11.1 Å². The van der Waals surface area contributed by atoms with E-state index in [-0.39, 0.29) is 0 Å². The molecule has 0 saturated carbocycles. The van der Waals surface area contributed by atoms with Gasteiger partial charge in [0.1, 0.15) is 6.07 Å². The number of nitrogens with zero attached hydrogens (tertiary/aromatic N) is 1. The fourth-order valence-electron chi connectivity index (χ4n) is 1.65. The van der Waals surface area contributed by atoms with Gasteiger partial charge in [0.05, 0.1) is 10.6 Å². The summed E-state index contributed by atoms with van der Waals surface area (Å²) in [5.74, 6) is 0. The maximum absolute atomic E-state index is 9.30. The van der Waals surface area contributed by atoms with Gasteiger partial charge in [-0.05, 0) is 23.8 Å². The first-order chi connectivity index (χ1) is 9.13. The molecule has 0 fully saturated rings. The van der Waals surface area contributed by atoms with Crippen LogP contribution in [-0.2, 0) is 0 Å². The number of hydrogen-bond donors (Lipinski definition) is 0. The van der Waals surface area contributed by atoms with E-state index >= 15 is 0 Å². The topological polar surface area (TPSA) is 23.8 Å². The third kappa shape index (κ3) is 3.11. The first kappa shape index (κ1) is 14.0. The van der Waals surface area contributed by atoms with Gasteiger partial charge in [0.25, 0.3) is 0 Å². The molecule has 0 amide bonds. The molecule has 0 aliphatic carbocycles. The highest BCUT2D eigenvalue weighted by molar-refractivity contribution is 6.55. The summed E-state index contributed by atoms with van der Waals surface area (Å²) in [6.45, 7) is 0. The molecule has 0 radical (unpaired) electrons. The molecule has 0 saturated heterocycles. The molecule has 0 heterocycles. The van der Waals surface area contributed by atoms with Gasteiger partial charge in [-0.25, -0.2) is 0 Å². The van der Waals surface area contributed by atoms with Gasteiger partial charge in [-0.1, -0.05) is 65.1 Å². The van der Waals surface area contributed by atoms with Crippen LogP contribution >= 0.6 is 34.8 Å². The third-order valence-corrected chi connectivity index (χ3v) is 3.52. The molecule has 2 rings (SSSR count). The Morgan fingerprint density at radius 2 is 1.68 bits per heavy atom. The number of nitriles is 1. The maximum atomic E-state index is 9.30. The van der Waals surface area contributed by atoms with Gasteiger partial charge in [0, 0.05) is 15.6 Å². The van der Waals surface area contributed by atoms with E-state index < -0.39 is 0 Å². The van der Waals surface area contributed by atoms with Crippen LogP contribution in [0.3, 0.4) is 0 Å². The van der Waals surface area contributed by atoms with E-state index in [0.717, 1.165) is 5.56 Å². The zero-order chi connectivity index (χ0) is 13.8. The second kappa shape index (κ2) is 6.12. The minimum Gasteiger partial charge on any atom is -0.192 e. The van der Waals surface area contributed by atoms with Crippen molar-refractivity contribution >= 4 is 45.4 Å². The quantitative estimate of drug-likeness (QED) is 0.521. The van der Waals surface area contributed by atoms with Crippen LogP contribution in [-0.4, -0.2) is 0 Å². The van der Waals surface area contributed by atoms with E-state index in [0.29, 0.717) is 26.2 Å². The lowest BCUT2D eigenvalue weighted by Gasteiger charge is -2.07. The molecule has 1 nitrogen and oxygen atoms in total. The highest BCUT2D eigenvalue weighted by atomic mass is 35.5. The molecule has 94 valence electrons. The molecular weight excluding hydrogens is 301 g/mol. The lowest BCUT2D eigenvalue weighted by atomic mass is 10.0. The van der Waals surface area contributed by atoms with E-state index in [1.807, 2.05) is 30.3 Å². The minimum absolute atomic E-state index is 0.293. The van der Waals surface area contributed by atoms with Crippen LogP contribution in [0.5, 0.6) is 0 Å². The van der Waals surface area contributed by atoms with Crippen molar-refractivity contribution in [2.24, 2.45) is 0 Å². The van der Waals surface area contributed by atoms with Gasteiger partial charge < -0.3 is 0 Å². The Bertz CT molecular complexity index is 670. The fraction of sp³-hybridized carbons (Fsp3) is 0. The minimum atomic E-state index is 0.293. The van der Waals surface area contributed by atoms with Crippen molar-refractivity contribution in [3.63, 3.8) is 0 Å². The molecule has 2 aromatic carbocycles. The predicted molar refractivity (Wildman–Crippen MR) is 81.2 cm³/mol. The molecule has 2 aromatic rings. The number of halogens is 3. The summed E-state index contributed by atoms with van der Waals surface area (Å²) in [4.78, 5) is 0. The zero-order valence-electron chi connectivity index (χ0n) is 9.70. The van der Waals surface area contributed by atoms with E-state index in [2.05, 4.69) is 6.07 Å². The fourth-order valence-corrected chi connectivity index (χ4v) is 2.39. The summed E-state index contributed by atoms with van der Waals surface area (Å²) in [5.41, 5.74) is 1.66. The van der Waals surface area contributed by atoms with Gasteiger partial charge in [0.2, 0.25) is 0 Å². The van der Waals surface area contributed by atoms with E-state index in [1.165, 1.54) is 0 Å². The van der Waals surface area contributed by atoms with Gasteiger partial charge in [0.15, 0.2) is 0 Å². The molecule has 0 spiro atoms. The molecule has 19 heavy (non-hydrogen) atoms. The first-order valence-corrected chi connectivity index (χ1v) is 6.57. The highest BCUT2D eigenvalue weighted by Crippen LogP contribution is 2.34. The third-order valence-electron chi connectivity index (χ3n) is 2.56. The van der Waals surface area contributed by atoms with Crippen molar-refractivity contribution in [2.45, 2.75) is 0 Å². The lowest BCUT2D eigenvalue weighted by molar-refractivity contribution is 1.52. The van der Waals surface area contributed by atoms with Gasteiger partial charge in [-0.15, -0.1) is 0 Å². The summed E-state index contributed by atoms with van der Waals surface area (Å²) in [7, 11) is 0. The van der Waals surface area contributed by atoms with Crippen LogP contribution < -0.4 is 0 Å². The second-order valence-electron chi connectivity index (χ2n) is 3.79. The number of allylic oxidation sites excluding steroid dienone is 1. The molecule has 0 unspecified atom stereocenters. The zero-order valence-corrected chi connectivity index (χ0v) is 12.0. The Kier molecular flexibility index (Phi) is 4.50. The van der Waals surface area contributed by atoms with Crippen LogP contribution in [0.4, 0.5) is 0 Å². The monoisotopic (exact) mass is 307 g/mol. The van der Waals surface area contributed by atoms with Gasteiger partial charge in [-0.3, -0.25) is 0 Å². The summed E-state index contributed by atoms with van der Waals surface area (Å²) >= 11 is 18.3. The van der Waals surface area contributed by atoms with E-state index in [4.69, 9.17) is 34.8 Å². The molecule has 0 bridgehead atoms. The number of hydrogen-bond acceptors (Lipinski definition) is 1. The lowest BCUT2D eigenvalue weighted by Crippen LogP contribution is -1.87. The molecular formula is C15H8Cl3N. The van der Waals surface area contributed by atoms with Crippen molar-refractivity contribution in [1.29, 1.82) is 5.26 Å². The Balaban J connectivity index is 2.62. The molecule has 4 heteroatoms. The van der Waals surface area contributed by atoms with Crippen molar-refractivity contribution in [3.05, 3.63) is 69.7 Å². The van der Waals surface area contributed by atoms with Crippen molar-refractivity contribution in [1.82, 2.24) is 0 Å². The summed E-state index contributed by atoms with van der Waals surface area (Å²) in [6.07, 6.45) is 0. The van der Waals surface area contributed by atoms with E-state index in [9.17, 15) is 5.26 Å². The van der Waals surface area contributed by atoms with Crippen LogP contribution in [0.25, 0.3) is 10.6 Å². The molecule has 0 aliphatic rings. The predicted octanol–water partition coefficient (Wildman–Crippen LogP) is 5.62. The van der Waals surface area contributed by atoms with Crippen molar-refractivity contribution in [3.8, 4) is 6.07 Å². The average Bonchev–Trinajstić information content (AvgIpc) is 2.43. The van der Waals surface area contributed by atoms with Gasteiger partial charge in [-0.2, -0.15) is 5.26 Å². The molecule has 0 N–H and O–H groups in total. The Hall–Kier alpha value is -1.46. The average molecular weight is 309 g/mol. The van der Waals surface area contributed by atoms with Crippen molar-refractivity contribution < 1.29 is 0 Å². The smallest absolute Gasteiger partial charge is 0.101 e. The second-order valence-corrected chi connectivity index (χ2v) is 5.01. The largest absolute Gasteiger partial charge is 0.192 e. The standard InChI is InChI=1S/C15H8Cl3N/c16-11-6-7-14(17)12(8-11)15(18)13(9-19)10-4-2-1-3-5-10/h1-8H/b15-13-. The summed E-state index contributed by atoms with van der Waals surface area (Å²) < 4.78 is 0. The van der Waals surface area contributed by atoms with Gasteiger partial charge >= 0.3 is 0 Å². The van der Waals surface area contributed by atoms with Crippen LogP contribution in [0.15, 0.2) is 48.5 Å². The Labute approximate surface area is 126 Å². The summed E-state index contributed by atoms with van der Waals surface area (Å²) in [5, 5.41) is 10.6. The first-order valence-electron chi connectivity index (χ1n) is 5.44. The van der Waals surface area contributed by atoms with Crippen LogP contribution in [0.2, 0.25) is 10.0 Å². The normalized spacial score (nSPS) is 11.7. The molecule has 0 aliphatic heterocycles. The Morgan fingerprint density at radius 3 is 2.32 bits per heavy atom. The SMILES string of the molecule is N#C/C(=C(/Cl)c1cc(Cl)ccc1Cl)c1ccccc1. The number of rotatable bonds is 2. The molecule has 0 aromatic heterocycles. The number of benzene rings is 2. The van der Waals surface area contributed by atoms with Crippen LogP contribution in [0, 0.1) is 11.3 Å². The molecule has 0 atom stereocenters. The van der Waals surface area contributed by atoms with Crippen molar-refractivity contribution in [2.75, 3.05) is 0 Å². The summed E-state index contributed by atoms with van der Waals surface area (Å²) in [6, 6.07) is 16.3. The highest BCUT2D eigenvalue weighted by Gasteiger charge is 2.12. The van der Waals surface area contributed by atoms with E-state index in [1.54, 1.807) is 18.2 Å².